The predicted molar refractivity (Wildman–Crippen MR) is 121 cm³/mol. The van der Waals surface area contributed by atoms with Crippen LogP contribution in [-0.2, 0) is 19.5 Å². The zero-order valence-corrected chi connectivity index (χ0v) is 19.5. The number of aryl methyl sites for hydroxylation is 1. The third kappa shape index (κ3) is 6.50. The molecule has 180 valence electrons. The highest BCUT2D eigenvalue weighted by atomic mass is 19.4. The van der Waals surface area contributed by atoms with Crippen LogP contribution in [0.1, 0.15) is 79.9 Å². The lowest BCUT2D eigenvalue weighted by molar-refractivity contribution is -0.275. The molecule has 2 aromatic carbocycles. The smallest absolute Gasteiger partial charge is 0.504 e. The van der Waals surface area contributed by atoms with Crippen LogP contribution in [0, 0.1) is 0 Å². The molecule has 1 aliphatic heterocycles. The molecular weight excluding hydrogens is 431 g/mol. The minimum Gasteiger partial charge on any atom is -0.504 e. The summed E-state index contributed by atoms with van der Waals surface area (Å²) in [7, 11) is 0. The maximum atomic E-state index is 12.8. The van der Waals surface area contributed by atoms with Gasteiger partial charge in [0.2, 0.25) is 0 Å². The summed E-state index contributed by atoms with van der Waals surface area (Å²) in [5.41, 5.74) is 3.48. The van der Waals surface area contributed by atoms with Crippen LogP contribution in [0.4, 0.5) is 13.2 Å². The summed E-state index contributed by atoms with van der Waals surface area (Å²) in [5.74, 6) is -0.930. The molecule has 0 fully saturated rings. The predicted octanol–water partition coefficient (Wildman–Crippen LogP) is 6.78. The fourth-order valence-electron chi connectivity index (χ4n) is 4.31. The number of phenolic OH excluding ortho intramolecular Hbond substituents is 1. The van der Waals surface area contributed by atoms with E-state index in [1.54, 1.807) is 6.07 Å². The molecule has 33 heavy (non-hydrogen) atoms. The van der Waals surface area contributed by atoms with Crippen molar-refractivity contribution in [1.82, 2.24) is 4.90 Å². The third-order valence-corrected chi connectivity index (χ3v) is 6.42. The molecule has 0 amide bonds. The Morgan fingerprint density at radius 2 is 1.88 bits per heavy atom. The number of rotatable bonds is 10. The van der Waals surface area contributed by atoms with E-state index in [1.165, 1.54) is 12.1 Å². The Bertz CT molecular complexity index is 985. The maximum Gasteiger partial charge on any atom is 0.573 e. The number of alkyl halides is 3. The number of phenols is 1. The summed E-state index contributed by atoms with van der Waals surface area (Å²) in [6, 6.07) is 10.0. The Kier molecular flexibility index (Phi) is 7.73. The second-order valence-corrected chi connectivity index (χ2v) is 9.34. The van der Waals surface area contributed by atoms with Gasteiger partial charge in [-0.3, -0.25) is 9.69 Å². The first-order chi connectivity index (χ1) is 15.5. The Balaban J connectivity index is 1.67. The third-order valence-electron chi connectivity index (χ3n) is 6.42. The lowest BCUT2D eigenvalue weighted by atomic mass is 9.93. The van der Waals surface area contributed by atoms with E-state index in [-0.39, 0.29) is 11.3 Å². The number of fused-ring (bicyclic) bond motifs is 1. The van der Waals surface area contributed by atoms with Gasteiger partial charge in [-0.25, -0.2) is 0 Å². The van der Waals surface area contributed by atoms with E-state index in [9.17, 15) is 23.1 Å². The molecule has 0 spiro atoms. The number of ether oxygens (including phenoxy) is 1. The minimum absolute atomic E-state index is 0.196. The molecule has 0 radical (unpaired) electrons. The van der Waals surface area contributed by atoms with Gasteiger partial charge in [-0.1, -0.05) is 44.0 Å². The molecule has 0 unspecified atom stereocenters. The van der Waals surface area contributed by atoms with Crippen LogP contribution in [0.2, 0.25) is 0 Å². The summed E-state index contributed by atoms with van der Waals surface area (Å²) in [4.78, 5) is 15.1. The van der Waals surface area contributed by atoms with Gasteiger partial charge in [-0.05, 0) is 61.9 Å². The summed E-state index contributed by atoms with van der Waals surface area (Å²) in [6.07, 6.45) is -0.0474. The van der Waals surface area contributed by atoms with E-state index < -0.39 is 17.9 Å². The van der Waals surface area contributed by atoms with E-state index >= 15 is 0 Å². The van der Waals surface area contributed by atoms with Crippen LogP contribution in [0.5, 0.6) is 11.5 Å². The second-order valence-electron chi connectivity index (χ2n) is 9.34. The van der Waals surface area contributed by atoms with E-state index in [0.29, 0.717) is 31.4 Å². The van der Waals surface area contributed by atoms with Crippen molar-refractivity contribution in [2.75, 3.05) is 0 Å². The molecule has 1 heterocycles. The maximum absolute atomic E-state index is 12.8. The zero-order chi connectivity index (χ0) is 24.2. The number of Topliss-reactive ketones (excluding diaryl/α,β-unsaturated/α-hetero) is 1. The van der Waals surface area contributed by atoms with Crippen molar-refractivity contribution in [2.24, 2.45) is 0 Å². The number of ketones is 1. The SMILES string of the molecule is CCCCCC(=O)c1cccc2c1CN(C(C)(C)CCc1ccc(O)c(OC(F)(F)F)c1)C2. The summed E-state index contributed by atoms with van der Waals surface area (Å²) >= 11 is 0. The number of hydrogen-bond acceptors (Lipinski definition) is 4. The van der Waals surface area contributed by atoms with E-state index in [4.69, 9.17) is 0 Å². The average molecular weight is 464 g/mol. The molecule has 0 aromatic heterocycles. The van der Waals surface area contributed by atoms with Crippen LogP contribution >= 0.6 is 0 Å². The lowest BCUT2D eigenvalue weighted by Gasteiger charge is -2.35. The molecule has 0 aliphatic carbocycles. The Labute approximate surface area is 193 Å². The summed E-state index contributed by atoms with van der Waals surface area (Å²) < 4.78 is 41.6. The first kappa shape index (κ1) is 25.1. The number of halogens is 3. The lowest BCUT2D eigenvalue weighted by Crippen LogP contribution is -2.40. The van der Waals surface area contributed by atoms with E-state index in [1.807, 2.05) is 12.1 Å². The molecule has 0 saturated heterocycles. The molecule has 1 aliphatic rings. The largest absolute Gasteiger partial charge is 0.573 e. The van der Waals surface area contributed by atoms with Gasteiger partial charge in [0.15, 0.2) is 17.3 Å². The number of carbonyl (C=O) groups excluding carboxylic acids is 1. The molecule has 3 rings (SSSR count). The van der Waals surface area contributed by atoms with Gasteiger partial charge in [0, 0.05) is 30.6 Å². The standard InChI is InChI=1S/C26H32F3NO3/c1-4-5-6-10-22(31)20-9-7-8-19-16-30(17-21(19)20)25(2,3)14-13-18-11-12-23(32)24(15-18)33-26(27,28)29/h7-9,11-12,15,32H,4-6,10,13-14,16-17H2,1-3H3. The molecule has 0 saturated carbocycles. The number of benzene rings is 2. The highest BCUT2D eigenvalue weighted by Crippen LogP contribution is 2.36. The van der Waals surface area contributed by atoms with Gasteiger partial charge in [-0.15, -0.1) is 13.2 Å². The van der Waals surface area contributed by atoms with Gasteiger partial charge >= 0.3 is 6.36 Å². The van der Waals surface area contributed by atoms with Crippen molar-refractivity contribution in [3.05, 3.63) is 58.7 Å². The fraction of sp³-hybridized carbons (Fsp3) is 0.500. The van der Waals surface area contributed by atoms with Crippen LogP contribution in [0.3, 0.4) is 0 Å². The fourth-order valence-corrected chi connectivity index (χ4v) is 4.31. The Morgan fingerprint density at radius 1 is 1.12 bits per heavy atom. The number of unbranched alkanes of at least 4 members (excludes halogenated alkanes) is 2. The van der Waals surface area contributed by atoms with Crippen molar-refractivity contribution in [3.63, 3.8) is 0 Å². The van der Waals surface area contributed by atoms with Gasteiger partial charge in [0.1, 0.15) is 0 Å². The quantitative estimate of drug-likeness (QED) is 0.312. The Hall–Kier alpha value is -2.54. The zero-order valence-electron chi connectivity index (χ0n) is 19.5. The molecule has 1 N–H and O–H groups in total. The highest BCUT2D eigenvalue weighted by Gasteiger charge is 2.34. The second kappa shape index (κ2) is 10.2. The van der Waals surface area contributed by atoms with E-state index in [2.05, 4.69) is 36.5 Å². The molecular formula is C26H32F3NO3. The number of hydrogen-bond donors (Lipinski definition) is 1. The van der Waals surface area contributed by atoms with Crippen LogP contribution in [0.25, 0.3) is 0 Å². The van der Waals surface area contributed by atoms with Crippen molar-refractivity contribution in [2.45, 2.75) is 84.3 Å². The molecule has 7 heteroatoms. The number of nitrogens with zero attached hydrogens (tertiary/aromatic N) is 1. The van der Waals surface area contributed by atoms with Crippen molar-refractivity contribution in [3.8, 4) is 11.5 Å². The van der Waals surface area contributed by atoms with Gasteiger partial charge in [0.05, 0.1) is 0 Å². The molecule has 0 atom stereocenters. The number of carbonyl (C=O) groups is 1. The highest BCUT2D eigenvalue weighted by molar-refractivity contribution is 5.97. The first-order valence-corrected chi connectivity index (χ1v) is 11.5. The minimum atomic E-state index is -4.86. The monoisotopic (exact) mass is 463 g/mol. The normalized spacial score (nSPS) is 14.4. The molecule has 4 nitrogen and oxygen atoms in total. The van der Waals surface area contributed by atoms with Gasteiger partial charge < -0.3 is 9.84 Å². The molecule has 2 aromatic rings. The van der Waals surface area contributed by atoms with Crippen molar-refractivity contribution in [1.29, 1.82) is 0 Å². The molecule has 0 bridgehead atoms. The van der Waals surface area contributed by atoms with Crippen LogP contribution < -0.4 is 4.74 Å². The van der Waals surface area contributed by atoms with Crippen molar-refractivity contribution < 1.29 is 27.8 Å². The average Bonchev–Trinajstić information content (AvgIpc) is 3.19. The van der Waals surface area contributed by atoms with Crippen LogP contribution in [-0.4, -0.2) is 27.7 Å². The number of aromatic hydroxyl groups is 1. The van der Waals surface area contributed by atoms with Gasteiger partial charge in [-0.2, -0.15) is 0 Å². The van der Waals surface area contributed by atoms with E-state index in [0.717, 1.165) is 42.5 Å². The first-order valence-electron chi connectivity index (χ1n) is 11.5. The topological polar surface area (TPSA) is 49.8 Å². The van der Waals surface area contributed by atoms with Gasteiger partial charge in [0.25, 0.3) is 0 Å². The summed E-state index contributed by atoms with van der Waals surface area (Å²) in [6.45, 7) is 7.74. The Morgan fingerprint density at radius 3 is 2.58 bits per heavy atom. The van der Waals surface area contributed by atoms with Crippen molar-refractivity contribution >= 4 is 5.78 Å². The summed E-state index contributed by atoms with van der Waals surface area (Å²) in [5, 5.41) is 9.68. The van der Waals surface area contributed by atoms with Crippen LogP contribution in [0.15, 0.2) is 36.4 Å².